The van der Waals surface area contributed by atoms with E-state index in [0.717, 1.165) is 11.3 Å². The first kappa shape index (κ1) is 14.9. The minimum atomic E-state index is -0.171. The van der Waals surface area contributed by atoms with E-state index < -0.39 is 0 Å². The van der Waals surface area contributed by atoms with Gasteiger partial charge >= 0.3 is 5.69 Å². The number of benzene rings is 1. The van der Waals surface area contributed by atoms with Gasteiger partial charge in [-0.2, -0.15) is 0 Å². The lowest BCUT2D eigenvalue weighted by molar-refractivity contribution is 0.660. The van der Waals surface area contributed by atoms with Crippen LogP contribution in [0.25, 0.3) is 0 Å². The molecule has 0 aliphatic heterocycles. The minimum Gasteiger partial charge on any atom is -0.328 e. The van der Waals surface area contributed by atoms with Crippen LogP contribution < -0.4 is 11.4 Å². The van der Waals surface area contributed by atoms with E-state index in [9.17, 15) is 4.79 Å². The standard InChI is InChI=1S/C14H20N4OS/c1-4-18-13(19)16-17-14(18)20-12-6-5-9(2)7-11(12)8-10(3)15/h5-7,10H,4,8,15H2,1-3H3,(H,16,19). The summed E-state index contributed by atoms with van der Waals surface area (Å²) in [5.74, 6) is 0. The summed E-state index contributed by atoms with van der Waals surface area (Å²) in [7, 11) is 0. The molecule has 1 aromatic carbocycles. The second-order valence-electron chi connectivity index (χ2n) is 4.95. The van der Waals surface area contributed by atoms with E-state index in [2.05, 4.69) is 35.3 Å². The quantitative estimate of drug-likeness (QED) is 0.883. The summed E-state index contributed by atoms with van der Waals surface area (Å²) in [5, 5.41) is 7.26. The summed E-state index contributed by atoms with van der Waals surface area (Å²) in [6, 6.07) is 6.38. The third-order valence-electron chi connectivity index (χ3n) is 3.00. The van der Waals surface area contributed by atoms with Crippen molar-refractivity contribution in [1.82, 2.24) is 14.8 Å². The second kappa shape index (κ2) is 6.28. The summed E-state index contributed by atoms with van der Waals surface area (Å²) in [5.41, 5.74) is 8.15. The van der Waals surface area contributed by atoms with Gasteiger partial charge in [-0.15, -0.1) is 5.10 Å². The number of hydrogen-bond donors (Lipinski definition) is 2. The molecule has 108 valence electrons. The molecule has 0 radical (unpaired) electrons. The van der Waals surface area contributed by atoms with Crippen molar-refractivity contribution in [2.75, 3.05) is 0 Å². The van der Waals surface area contributed by atoms with E-state index in [4.69, 9.17) is 5.73 Å². The molecular formula is C14H20N4OS. The van der Waals surface area contributed by atoms with Gasteiger partial charge in [-0.1, -0.05) is 17.7 Å². The minimum absolute atomic E-state index is 0.101. The zero-order valence-electron chi connectivity index (χ0n) is 12.0. The molecule has 1 aromatic heterocycles. The maximum absolute atomic E-state index is 11.6. The van der Waals surface area contributed by atoms with Crippen molar-refractivity contribution >= 4 is 11.8 Å². The molecule has 2 aromatic rings. The Balaban J connectivity index is 2.35. The molecule has 0 aliphatic rings. The Morgan fingerprint density at radius 3 is 2.90 bits per heavy atom. The average Bonchev–Trinajstić information content (AvgIpc) is 2.72. The topological polar surface area (TPSA) is 76.7 Å². The molecule has 2 rings (SSSR count). The highest BCUT2D eigenvalue weighted by Gasteiger charge is 2.12. The highest BCUT2D eigenvalue weighted by Crippen LogP contribution is 2.29. The zero-order valence-corrected chi connectivity index (χ0v) is 12.8. The first-order valence-electron chi connectivity index (χ1n) is 6.69. The molecule has 0 saturated heterocycles. The number of aromatic nitrogens is 3. The van der Waals surface area contributed by atoms with Crippen LogP contribution in [-0.2, 0) is 13.0 Å². The molecule has 3 N–H and O–H groups in total. The fourth-order valence-electron chi connectivity index (χ4n) is 2.07. The fourth-order valence-corrected chi connectivity index (χ4v) is 3.09. The Hall–Kier alpha value is -1.53. The number of rotatable bonds is 5. The highest BCUT2D eigenvalue weighted by atomic mass is 32.2. The SMILES string of the molecule is CCn1c(Sc2ccc(C)cc2CC(C)N)n[nH]c1=O. The zero-order chi connectivity index (χ0) is 14.7. The molecule has 1 unspecified atom stereocenters. The van der Waals surface area contributed by atoms with Crippen molar-refractivity contribution < 1.29 is 0 Å². The van der Waals surface area contributed by atoms with Crippen LogP contribution in [0.5, 0.6) is 0 Å². The van der Waals surface area contributed by atoms with Crippen LogP contribution in [0.1, 0.15) is 25.0 Å². The van der Waals surface area contributed by atoms with Crippen LogP contribution in [0.3, 0.4) is 0 Å². The predicted molar refractivity (Wildman–Crippen MR) is 81.2 cm³/mol. The van der Waals surface area contributed by atoms with Crippen LogP contribution in [-0.4, -0.2) is 20.8 Å². The molecule has 0 aliphatic carbocycles. The Kier molecular flexibility index (Phi) is 4.67. The predicted octanol–water partition coefficient (Wildman–Crippen LogP) is 1.94. The van der Waals surface area contributed by atoms with Crippen molar-refractivity contribution in [3.05, 3.63) is 39.8 Å². The lowest BCUT2D eigenvalue weighted by Gasteiger charge is -2.12. The van der Waals surface area contributed by atoms with E-state index in [1.54, 1.807) is 4.57 Å². The number of nitrogens with zero attached hydrogens (tertiary/aromatic N) is 2. The lowest BCUT2D eigenvalue weighted by Crippen LogP contribution is -2.18. The molecule has 0 bridgehead atoms. The fraction of sp³-hybridized carbons (Fsp3) is 0.429. The Morgan fingerprint density at radius 1 is 1.50 bits per heavy atom. The van der Waals surface area contributed by atoms with Crippen LogP contribution in [0.2, 0.25) is 0 Å². The lowest BCUT2D eigenvalue weighted by atomic mass is 10.1. The summed E-state index contributed by atoms with van der Waals surface area (Å²) in [4.78, 5) is 12.7. The van der Waals surface area contributed by atoms with Gasteiger partial charge in [0.15, 0.2) is 5.16 Å². The maximum atomic E-state index is 11.6. The van der Waals surface area contributed by atoms with Gasteiger partial charge in [-0.05, 0) is 50.6 Å². The Labute approximate surface area is 122 Å². The molecule has 0 amide bonds. The third-order valence-corrected chi connectivity index (χ3v) is 4.11. The molecule has 1 atom stereocenters. The van der Waals surface area contributed by atoms with Gasteiger partial charge in [0.1, 0.15) is 0 Å². The van der Waals surface area contributed by atoms with Crippen molar-refractivity contribution in [1.29, 1.82) is 0 Å². The molecular weight excluding hydrogens is 272 g/mol. The largest absolute Gasteiger partial charge is 0.343 e. The van der Waals surface area contributed by atoms with Crippen molar-refractivity contribution in [3.8, 4) is 0 Å². The van der Waals surface area contributed by atoms with Gasteiger partial charge in [0.25, 0.3) is 0 Å². The Bertz CT molecular complexity index is 645. The van der Waals surface area contributed by atoms with Crippen molar-refractivity contribution in [2.24, 2.45) is 5.73 Å². The molecule has 5 nitrogen and oxygen atoms in total. The summed E-state index contributed by atoms with van der Waals surface area (Å²) in [6.07, 6.45) is 0.810. The van der Waals surface area contributed by atoms with Crippen LogP contribution in [0.15, 0.2) is 33.0 Å². The first-order chi connectivity index (χ1) is 9.51. The van der Waals surface area contributed by atoms with Crippen molar-refractivity contribution in [2.45, 2.75) is 49.8 Å². The molecule has 0 fully saturated rings. The van der Waals surface area contributed by atoms with Crippen LogP contribution >= 0.6 is 11.8 Å². The first-order valence-corrected chi connectivity index (χ1v) is 7.51. The van der Waals surface area contributed by atoms with Gasteiger partial charge in [-0.3, -0.25) is 4.57 Å². The number of hydrogen-bond acceptors (Lipinski definition) is 4. The maximum Gasteiger partial charge on any atom is 0.343 e. The normalized spacial score (nSPS) is 12.6. The van der Waals surface area contributed by atoms with Gasteiger partial charge in [0, 0.05) is 17.5 Å². The van der Waals surface area contributed by atoms with Crippen molar-refractivity contribution in [3.63, 3.8) is 0 Å². The number of aromatic amines is 1. The third kappa shape index (κ3) is 3.32. The summed E-state index contributed by atoms with van der Waals surface area (Å²) in [6.45, 7) is 6.59. The number of H-pyrrole nitrogens is 1. The molecule has 1 heterocycles. The molecule has 20 heavy (non-hydrogen) atoms. The Morgan fingerprint density at radius 2 is 2.25 bits per heavy atom. The second-order valence-corrected chi connectivity index (χ2v) is 5.96. The summed E-state index contributed by atoms with van der Waals surface area (Å²) < 4.78 is 1.63. The molecule has 0 saturated carbocycles. The van der Waals surface area contributed by atoms with Gasteiger partial charge in [-0.25, -0.2) is 9.89 Å². The van der Waals surface area contributed by atoms with Gasteiger partial charge < -0.3 is 5.73 Å². The number of nitrogens with two attached hydrogens (primary N) is 1. The average molecular weight is 292 g/mol. The van der Waals surface area contributed by atoms with Crippen LogP contribution in [0, 0.1) is 6.92 Å². The van der Waals surface area contributed by atoms with Gasteiger partial charge in [0.05, 0.1) is 0 Å². The number of aryl methyl sites for hydroxylation is 1. The van der Waals surface area contributed by atoms with E-state index >= 15 is 0 Å². The summed E-state index contributed by atoms with van der Waals surface area (Å²) >= 11 is 1.50. The van der Waals surface area contributed by atoms with Crippen LogP contribution in [0.4, 0.5) is 0 Å². The molecule has 6 heteroatoms. The highest BCUT2D eigenvalue weighted by molar-refractivity contribution is 7.99. The van der Waals surface area contributed by atoms with Gasteiger partial charge in [0.2, 0.25) is 0 Å². The van der Waals surface area contributed by atoms with E-state index in [-0.39, 0.29) is 11.7 Å². The molecule has 0 spiro atoms. The van der Waals surface area contributed by atoms with E-state index in [0.29, 0.717) is 11.7 Å². The monoisotopic (exact) mass is 292 g/mol. The number of nitrogens with one attached hydrogen (secondary N) is 1. The van der Waals surface area contributed by atoms with E-state index in [1.807, 2.05) is 13.8 Å². The van der Waals surface area contributed by atoms with E-state index in [1.165, 1.54) is 22.9 Å². The smallest absolute Gasteiger partial charge is 0.328 e.